The summed E-state index contributed by atoms with van der Waals surface area (Å²) >= 11 is 0. The van der Waals surface area contributed by atoms with E-state index in [0.29, 0.717) is 12.8 Å². The number of hydrogen-bond acceptors (Lipinski definition) is 10. The quantitative estimate of drug-likeness (QED) is 0.194. The fourth-order valence-corrected chi connectivity index (χ4v) is 8.68. The number of aliphatic hydroxyl groups excluding tert-OH is 4. The Morgan fingerprint density at radius 3 is 2.48 bits per heavy atom. The Labute approximate surface area is 244 Å². The van der Waals surface area contributed by atoms with Crippen LogP contribution in [0.5, 0.6) is 0 Å². The number of nitrogens with one attached hydrogen (secondary N) is 1. The summed E-state index contributed by atoms with van der Waals surface area (Å²) in [6.45, 7) is 3.91. The molecule has 10 N–H and O–H groups in total. The highest BCUT2D eigenvalue weighted by molar-refractivity contribution is 6.01. The lowest BCUT2D eigenvalue weighted by molar-refractivity contribution is -0.270. The lowest BCUT2D eigenvalue weighted by Gasteiger charge is -2.59. The number of ether oxygens (including phenoxy) is 2. The minimum Gasteiger partial charge on any atom is -0.412 e. The molecule has 1 aliphatic heterocycles. The summed E-state index contributed by atoms with van der Waals surface area (Å²) in [6.07, 6.45) is 1.26. The van der Waals surface area contributed by atoms with Crippen LogP contribution in [0.25, 0.3) is 0 Å². The third kappa shape index (κ3) is 5.18. The molecule has 0 aromatic carbocycles. The van der Waals surface area contributed by atoms with Crippen LogP contribution in [-0.2, 0) is 23.9 Å². The maximum atomic E-state index is 13.7. The van der Waals surface area contributed by atoms with E-state index in [1.807, 2.05) is 13.0 Å². The van der Waals surface area contributed by atoms with E-state index in [1.165, 1.54) is 6.92 Å². The van der Waals surface area contributed by atoms with Crippen LogP contribution in [-0.4, -0.2) is 110 Å². The van der Waals surface area contributed by atoms with Crippen molar-refractivity contribution in [2.45, 2.75) is 95.2 Å². The van der Waals surface area contributed by atoms with Crippen LogP contribution >= 0.6 is 0 Å². The Balaban J connectivity index is 0.00000242. The molecule has 4 fully saturated rings. The molecule has 3 saturated carbocycles. The Hall–Kier alpha value is -2.07. The van der Waals surface area contributed by atoms with Crippen LogP contribution in [0.4, 0.5) is 0 Å². The van der Waals surface area contributed by atoms with Gasteiger partial charge >= 0.3 is 0 Å². The molecule has 0 bridgehead atoms. The lowest BCUT2D eigenvalue weighted by Crippen LogP contribution is -2.65. The smallest absolute Gasteiger partial charge is 0.217 e. The molecule has 4 aliphatic carbocycles. The van der Waals surface area contributed by atoms with Gasteiger partial charge in [0.1, 0.15) is 36.6 Å². The first kappa shape index (κ1) is 34.4. The molecule has 13 nitrogen and oxygen atoms in total. The molecule has 0 aromatic rings. The van der Waals surface area contributed by atoms with Crippen LogP contribution in [0.1, 0.15) is 52.9 Å². The molecule has 1 heterocycles. The van der Waals surface area contributed by atoms with Gasteiger partial charge in [-0.3, -0.25) is 14.4 Å². The van der Waals surface area contributed by atoms with Gasteiger partial charge in [-0.1, -0.05) is 25.5 Å². The molecule has 1 amide bonds. The van der Waals surface area contributed by atoms with Crippen molar-refractivity contribution in [3.63, 3.8) is 0 Å². The Morgan fingerprint density at radius 2 is 1.83 bits per heavy atom. The third-order valence-corrected chi connectivity index (χ3v) is 10.7. The molecule has 1 saturated heterocycles. The Kier molecular flexibility index (Phi) is 9.95. The van der Waals surface area contributed by atoms with Gasteiger partial charge in [0.15, 0.2) is 17.9 Å². The molecule has 0 aromatic heterocycles. The Bertz CT molecular complexity index is 1130. The van der Waals surface area contributed by atoms with Gasteiger partial charge in [-0.25, -0.2) is 0 Å². The van der Waals surface area contributed by atoms with Crippen LogP contribution < -0.4 is 5.32 Å². The van der Waals surface area contributed by atoms with E-state index in [9.17, 15) is 39.9 Å². The molecule has 12 atom stereocenters. The highest BCUT2D eigenvalue weighted by Crippen LogP contribution is 2.67. The topological polar surface area (TPSA) is 246 Å². The zero-order valence-corrected chi connectivity index (χ0v) is 24.2. The summed E-state index contributed by atoms with van der Waals surface area (Å²) in [7, 11) is 0. The second-order valence-corrected chi connectivity index (χ2v) is 12.8. The summed E-state index contributed by atoms with van der Waals surface area (Å²) in [6, 6.07) is -1.21. The van der Waals surface area contributed by atoms with Crippen molar-refractivity contribution >= 4 is 17.5 Å². The van der Waals surface area contributed by atoms with Crippen molar-refractivity contribution < 1.29 is 60.3 Å². The highest BCUT2D eigenvalue weighted by atomic mass is 16.7. The molecule has 238 valence electrons. The van der Waals surface area contributed by atoms with Gasteiger partial charge in [0.05, 0.1) is 12.7 Å². The van der Waals surface area contributed by atoms with E-state index >= 15 is 0 Å². The lowest BCUT2D eigenvalue weighted by atomic mass is 9.46. The SMILES string of the molecule is CC(=O)N[C@H]1[C@H](OCC(=O)[C@@]2(O)CC[C@H]3[C@@H]4CCC5=CC(=O)C=C[C@]5(C)[C@H]4[C@@H](O)C[C@@]32C)O[C@H](CO)[C@@H](O)[C@@H]1O.O.O. The number of rotatable bonds is 6. The van der Waals surface area contributed by atoms with E-state index in [0.717, 1.165) is 12.0 Å². The number of carbonyl (C=O) groups excluding carboxylic acids is 3. The van der Waals surface area contributed by atoms with Gasteiger partial charge in [0, 0.05) is 23.7 Å². The average molecular weight is 600 g/mol. The predicted molar refractivity (Wildman–Crippen MR) is 147 cm³/mol. The molecular weight excluding hydrogens is 554 g/mol. The van der Waals surface area contributed by atoms with Crippen LogP contribution in [0.15, 0.2) is 23.8 Å². The number of fused-ring (bicyclic) bond motifs is 5. The molecule has 42 heavy (non-hydrogen) atoms. The maximum Gasteiger partial charge on any atom is 0.217 e. The summed E-state index contributed by atoms with van der Waals surface area (Å²) in [4.78, 5) is 37.4. The average Bonchev–Trinajstić information content (AvgIpc) is 3.17. The van der Waals surface area contributed by atoms with Crippen LogP contribution in [0, 0.1) is 28.6 Å². The van der Waals surface area contributed by atoms with Gasteiger partial charge in [0.2, 0.25) is 5.91 Å². The van der Waals surface area contributed by atoms with Crippen molar-refractivity contribution in [2.75, 3.05) is 13.2 Å². The van der Waals surface area contributed by atoms with E-state index < -0.39 is 78.1 Å². The first-order chi connectivity index (χ1) is 18.8. The first-order valence-corrected chi connectivity index (χ1v) is 14.2. The second-order valence-electron chi connectivity index (χ2n) is 12.8. The van der Waals surface area contributed by atoms with Gasteiger partial charge in [-0.2, -0.15) is 0 Å². The molecule has 0 radical (unpaired) electrons. The van der Waals surface area contributed by atoms with E-state index in [-0.39, 0.29) is 47.3 Å². The van der Waals surface area contributed by atoms with Crippen LogP contribution in [0.3, 0.4) is 0 Å². The number of Topliss-reactive ketones (excluding diaryl/α,β-unsaturated/α-hetero) is 1. The molecular formula is C29H45NO12. The number of amides is 1. The molecule has 0 spiro atoms. The highest BCUT2D eigenvalue weighted by Gasteiger charge is 2.68. The van der Waals surface area contributed by atoms with E-state index in [4.69, 9.17) is 9.47 Å². The van der Waals surface area contributed by atoms with E-state index in [1.54, 1.807) is 12.2 Å². The normalized spacial score (nSPS) is 45.8. The maximum absolute atomic E-state index is 13.7. The summed E-state index contributed by atoms with van der Waals surface area (Å²) < 4.78 is 11.3. The van der Waals surface area contributed by atoms with Crippen molar-refractivity contribution in [1.82, 2.24) is 5.32 Å². The minimum absolute atomic E-state index is 0. The fourth-order valence-electron chi connectivity index (χ4n) is 8.68. The predicted octanol–water partition coefficient (Wildman–Crippen LogP) is -2.12. The van der Waals surface area contributed by atoms with Gasteiger partial charge in [0.25, 0.3) is 0 Å². The summed E-state index contributed by atoms with van der Waals surface area (Å²) in [5.74, 6) is -1.29. The zero-order valence-electron chi connectivity index (χ0n) is 24.2. The van der Waals surface area contributed by atoms with Crippen LogP contribution in [0.2, 0.25) is 0 Å². The Morgan fingerprint density at radius 1 is 1.14 bits per heavy atom. The standard InChI is InChI=1S/C29H41NO10.2H2O/c1-14(32)30-23-25(37)24(36)20(12-31)40-26(23)39-13-21(35)29(38)9-7-18-17-5-4-15-10-16(33)6-8-27(15,2)22(17)19(34)11-28(18,29)3;;/h6,8,10,17-20,22-26,31,34,36-38H,4-5,7,9,11-13H2,1-3H3,(H,30,32);2*1H2/t17-,18-,19-,20+,22+,23+,24+,25+,26+,27-,28-,29-;;/m0../s1. The van der Waals surface area contributed by atoms with Gasteiger partial charge < -0.3 is 51.3 Å². The zero-order chi connectivity index (χ0) is 29.2. The summed E-state index contributed by atoms with van der Waals surface area (Å²) in [5, 5.41) is 56.2. The van der Waals surface area contributed by atoms with Crippen molar-refractivity contribution in [3.05, 3.63) is 23.8 Å². The molecule has 0 unspecified atom stereocenters. The number of carbonyl (C=O) groups is 3. The van der Waals surface area contributed by atoms with Gasteiger partial charge in [-0.05, 0) is 56.1 Å². The van der Waals surface area contributed by atoms with Crippen molar-refractivity contribution in [3.8, 4) is 0 Å². The van der Waals surface area contributed by atoms with Crippen molar-refractivity contribution in [2.24, 2.45) is 28.6 Å². The monoisotopic (exact) mass is 599 g/mol. The number of ketones is 2. The van der Waals surface area contributed by atoms with Crippen molar-refractivity contribution in [1.29, 1.82) is 0 Å². The van der Waals surface area contributed by atoms with Gasteiger partial charge in [-0.15, -0.1) is 0 Å². The summed E-state index contributed by atoms with van der Waals surface area (Å²) in [5.41, 5.74) is -2.15. The minimum atomic E-state index is -1.79. The molecule has 13 heteroatoms. The second kappa shape index (κ2) is 12.1. The number of hydrogen-bond donors (Lipinski definition) is 6. The van der Waals surface area contributed by atoms with E-state index in [2.05, 4.69) is 12.2 Å². The third-order valence-electron chi connectivity index (χ3n) is 10.7. The number of aliphatic hydroxyl groups is 5. The fraction of sp³-hybridized carbons (Fsp3) is 0.759. The number of allylic oxidation sites excluding steroid dienone is 4. The molecule has 5 aliphatic rings. The molecule has 5 rings (SSSR count). The largest absolute Gasteiger partial charge is 0.412 e. The first-order valence-electron chi connectivity index (χ1n) is 14.2.